The van der Waals surface area contributed by atoms with Gasteiger partial charge in [0.25, 0.3) is 0 Å². The van der Waals surface area contributed by atoms with Gasteiger partial charge in [0, 0.05) is 35.7 Å². The second kappa shape index (κ2) is 23.0. The zero-order valence-corrected chi connectivity index (χ0v) is 38.9. The molecule has 2 aliphatic heterocycles. The molecule has 6 amide bonds. The molecular weight excluding hydrogens is 861 g/mol. The number of hydrogen-bond donors (Lipinski definition) is 8. The number of nitrogens with one attached hydrogen (secondary N) is 8. The zero-order chi connectivity index (χ0) is 46.4. The van der Waals surface area contributed by atoms with Crippen LogP contribution < -0.4 is 42.5 Å². The molecule has 4 aromatic carbocycles. The summed E-state index contributed by atoms with van der Waals surface area (Å²) in [7, 11) is 0. The van der Waals surface area contributed by atoms with Gasteiger partial charge in [-0.2, -0.15) is 0 Å². The third-order valence-corrected chi connectivity index (χ3v) is 14.2. The first-order valence-electron chi connectivity index (χ1n) is 21.9. The van der Waals surface area contributed by atoms with Crippen molar-refractivity contribution in [2.24, 2.45) is 0 Å². The fourth-order valence-corrected chi connectivity index (χ4v) is 10.8. The van der Waals surface area contributed by atoms with Gasteiger partial charge in [0.1, 0.15) is 24.2 Å². The van der Waals surface area contributed by atoms with Crippen LogP contribution in [0.4, 0.5) is 0 Å². The number of hydrogen-bond acceptors (Lipinski definition) is 10. The molecule has 0 saturated carbocycles. The van der Waals surface area contributed by atoms with Crippen LogP contribution in [0.25, 0.3) is 0 Å². The molecule has 0 aliphatic carbocycles. The van der Waals surface area contributed by atoms with E-state index in [-0.39, 0.29) is 74.5 Å². The summed E-state index contributed by atoms with van der Waals surface area (Å²) in [5.74, 6) is -1.89. The molecule has 16 heteroatoms. The zero-order valence-electron chi connectivity index (χ0n) is 37.2. The predicted molar refractivity (Wildman–Crippen MR) is 256 cm³/mol. The van der Waals surface area contributed by atoms with Crippen LogP contribution in [-0.4, -0.2) is 92.9 Å². The van der Waals surface area contributed by atoms with Crippen molar-refractivity contribution in [1.82, 2.24) is 42.5 Å². The minimum atomic E-state index is -0.970. The van der Waals surface area contributed by atoms with Crippen molar-refractivity contribution in [3.05, 3.63) is 144 Å². The molecule has 0 unspecified atom stereocenters. The Morgan fingerprint density at radius 2 is 0.815 bits per heavy atom. The maximum atomic E-state index is 13.7. The quantitative estimate of drug-likeness (QED) is 0.0610. The topological polar surface area (TPSA) is 199 Å². The Kier molecular flexibility index (Phi) is 17.2. The van der Waals surface area contributed by atoms with Gasteiger partial charge in [0.15, 0.2) is 0 Å². The van der Waals surface area contributed by atoms with Crippen molar-refractivity contribution in [2.45, 2.75) is 104 Å². The first-order valence-corrected chi connectivity index (χ1v) is 23.7. The minimum absolute atomic E-state index is 0.0958. The molecule has 65 heavy (non-hydrogen) atoms. The van der Waals surface area contributed by atoms with E-state index in [0.29, 0.717) is 6.42 Å². The van der Waals surface area contributed by atoms with Crippen molar-refractivity contribution in [1.29, 1.82) is 0 Å². The molecule has 2 aliphatic rings. The van der Waals surface area contributed by atoms with Crippen LogP contribution in [0.2, 0.25) is 0 Å². The van der Waals surface area contributed by atoms with E-state index in [1.54, 1.807) is 0 Å². The lowest BCUT2D eigenvalue weighted by molar-refractivity contribution is -0.129. The van der Waals surface area contributed by atoms with Crippen LogP contribution in [0, 0.1) is 0 Å². The van der Waals surface area contributed by atoms with Gasteiger partial charge in [-0.15, -0.1) is 23.5 Å². The Morgan fingerprint density at radius 1 is 0.492 bits per heavy atom. The molecule has 6 atom stereocenters. The number of benzene rings is 4. The summed E-state index contributed by atoms with van der Waals surface area (Å²) in [5.41, 5.74) is 3.45. The maximum absolute atomic E-state index is 13.7. The van der Waals surface area contributed by atoms with Gasteiger partial charge >= 0.3 is 0 Å². The third-order valence-electron chi connectivity index (χ3n) is 11.2. The lowest BCUT2D eigenvalue weighted by Crippen LogP contribution is -2.58. The largest absolute Gasteiger partial charge is 0.355 e. The monoisotopic (exact) mass is 920 g/mol. The van der Waals surface area contributed by atoms with Crippen molar-refractivity contribution < 1.29 is 28.8 Å². The third kappa shape index (κ3) is 14.2. The van der Waals surface area contributed by atoms with Crippen LogP contribution in [0.3, 0.4) is 0 Å². The highest BCUT2D eigenvalue weighted by atomic mass is 32.2. The molecule has 0 bridgehead atoms. The highest BCUT2D eigenvalue weighted by Gasteiger charge is 2.50. The van der Waals surface area contributed by atoms with Gasteiger partial charge in [0.05, 0.1) is 23.6 Å². The molecule has 4 aromatic rings. The first-order chi connectivity index (χ1) is 31.2. The van der Waals surface area contributed by atoms with E-state index in [2.05, 4.69) is 42.5 Å². The van der Waals surface area contributed by atoms with E-state index in [1.807, 2.05) is 149 Å². The van der Waals surface area contributed by atoms with Crippen LogP contribution in [0.1, 0.15) is 56.4 Å². The number of amides is 6. The summed E-state index contributed by atoms with van der Waals surface area (Å²) in [4.78, 5) is 81.4. The second-order valence-corrected chi connectivity index (χ2v) is 20.8. The molecule has 344 valence electrons. The number of carbonyl (C=O) groups is 6. The average Bonchev–Trinajstić information content (AvgIpc) is 3.80. The van der Waals surface area contributed by atoms with E-state index in [0.717, 1.165) is 22.3 Å². The highest BCUT2D eigenvalue weighted by molar-refractivity contribution is 8.01. The lowest BCUT2D eigenvalue weighted by Gasteiger charge is -2.25. The molecule has 0 spiro atoms. The minimum Gasteiger partial charge on any atom is -0.355 e. The standard InChI is InChI=1S/C49H60N8O6S2/c1-48(2)40(56-46(64-48)38(42(60)52-30-34-22-13-7-14-23-34)54-36(58)28-32-18-9-5-10-19-32)44(62)50-26-17-27-51-45(63)41-49(3,4)65-47(57-41)39(43(61)53-31-35-24-15-8-16-25-35)55-37(59)29-33-20-11-6-12-21-33/h5-16,18-25,38-41,46-47,56-57H,17,26-31H2,1-4H3,(H,50,62)(H,51,63)(H,52,60)(H,53,61)(H,54,58)(H,55,59)/t38-,39-,40+,41+,46-,47-/m1/s1. The first kappa shape index (κ1) is 48.8. The Hall–Kier alpha value is -5.68. The molecule has 0 radical (unpaired) electrons. The average molecular weight is 921 g/mol. The van der Waals surface area contributed by atoms with Crippen molar-refractivity contribution in [3.63, 3.8) is 0 Å². The summed E-state index contributed by atoms with van der Waals surface area (Å²) >= 11 is 2.84. The molecule has 14 nitrogen and oxygen atoms in total. The molecule has 2 heterocycles. The molecular formula is C49H60N8O6S2. The highest BCUT2D eigenvalue weighted by Crippen LogP contribution is 2.40. The van der Waals surface area contributed by atoms with Gasteiger partial charge in [-0.25, -0.2) is 0 Å². The van der Waals surface area contributed by atoms with E-state index < -0.39 is 44.4 Å². The van der Waals surface area contributed by atoms with Crippen molar-refractivity contribution >= 4 is 59.0 Å². The predicted octanol–water partition coefficient (Wildman–Crippen LogP) is 3.32. The van der Waals surface area contributed by atoms with E-state index >= 15 is 0 Å². The second-order valence-electron chi connectivity index (χ2n) is 17.2. The van der Waals surface area contributed by atoms with Crippen LogP contribution in [0.5, 0.6) is 0 Å². The lowest BCUT2D eigenvalue weighted by atomic mass is 10.0. The smallest absolute Gasteiger partial charge is 0.245 e. The van der Waals surface area contributed by atoms with Gasteiger partial charge < -0.3 is 31.9 Å². The summed E-state index contributed by atoms with van der Waals surface area (Å²) < 4.78 is -1.29. The Bertz CT molecular complexity index is 2080. The molecule has 8 N–H and O–H groups in total. The van der Waals surface area contributed by atoms with E-state index in [4.69, 9.17) is 0 Å². The molecule has 2 fully saturated rings. The molecule has 0 aromatic heterocycles. The Labute approximate surface area is 389 Å². The van der Waals surface area contributed by atoms with Crippen LogP contribution in [-0.2, 0) is 54.7 Å². The number of rotatable bonds is 20. The summed E-state index contributed by atoms with van der Waals surface area (Å²) in [6.07, 6.45) is 0.627. The van der Waals surface area contributed by atoms with Gasteiger partial charge in [-0.3, -0.25) is 39.4 Å². The fraction of sp³-hybridized carbons (Fsp3) is 0.388. The SMILES string of the molecule is CC1(C)S[C@H]([C@H](NC(=O)Cc2ccccc2)C(=O)NCc2ccccc2)N[C@H]1C(=O)NCCCNC(=O)[C@@H]1N[C@@H]([C@H](NC(=O)Cc2ccccc2)C(=O)NCc2ccccc2)SC1(C)C. The van der Waals surface area contributed by atoms with Gasteiger partial charge in [-0.1, -0.05) is 121 Å². The van der Waals surface area contributed by atoms with E-state index in [1.165, 1.54) is 23.5 Å². The summed E-state index contributed by atoms with van der Waals surface area (Å²) in [6.45, 7) is 8.80. The molecule has 6 rings (SSSR count). The number of thioether (sulfide) groups is 2. The summed E-state index contributed by atoms with van der Waals surface area (Å²) in [5, 5.41) is 23.2. The van der Waals surface area contributed by atoms with E-state index in [9.17, 15) is 28.8 Å². The van der Waals surface area contributed by atoms with Gasteiger partial charge in [0.2, 0.25) is 35.4 Å². The Morgan fingerprint density at radius 3 is 1.15 bits per heavy atom. The fourth-order valence-electron chi connectivity index (χ4n) is 7.77. The number of carbonyl (C=O) groups excluding carboxylic acids is 6. The maximum Gasteiger partial charge on any atom is 0.245 e. The van der Waals surface area contributed by atoms with Crippen LogP contribution in [0.15, 0.2) is 121 Å². The van der Waals surface area contributed by atoms with Gasteiger partial charge in [-0.05, 0) is 56.4 Å². The van der Waals surface area contributed by atoms with Crippen LogP contribution >= 0.6 is 23.5 Å². The van der Waals surface area contributed by atoms with Crippen molar-refractivity contribution in [3.8, 4) is 0 Å². The Balaban J connectivity index is 1.01. The summed E-state index contributed by atoms with van der Waals surface area (Å²) in [6, 6.07) is 34.2. The van der Waals surface area contributed by atoms with Crippen molar-refractivity contribution in [2.75, 3.05) is 13.1 Å². The molecule has 2 saturated heterocycles. The normalized spacial score (nSPS) is 20.4.